The Balaban J connectivity index is 1.88. The number of benzene rings is 1. The lowest BCUT2D eigenvalue weighted by atomic mass is 10.2. The van der Waals surface area contributed by atoms with Gasteiger partial charge in [-0.05, 0) is 31.5 Å². The van der Waals surface area contributed by atoms with Crippen LogP contribution in [0.1, 0.15) is 20.7 Å². The predicted molar refractivity (Wildman–Crippen MR) is 91.1 cm³/mol. The maximum atomic E-state index is 11.3. The van der Waals surface area contributed by atoms with E-state index >= 15 is 0 Å². The number of primary sulfonamides is 1. The zero-order valence-corrected chi connectivity index (χ0v) is 14.9. The molecule has 0 fully saturated rings. The van der Waals surface area contributed by atoms with Crippen molar-refractivity contribution in [2.24, 2.45) is 5.14 Å². The van der Waals surface area contributed by atoms with Crippen molar-refractivity contribution in [2.45, 2.75) is 25.2 Å². The first kappa shape index (κ1) is 16.2. The molecule has 0 spiro atoms. The van der Waals surface area contributed by atoms with Gasteiger partial charge in [0.2, 0.25) is 10.0 Å². The summed E-state index contributed by atoms with van der Waals surface area (Å²) in [7, 11) is -3.67. The van der Waals surface area contributed by atoms with Crippen molar-refractivity contribution in [3.63, 3.8) is 0 Å². The van der Waals surface area contributed by atoms with Crippen LogP contribution in [0.15, 0.2) is 29.2 Å². The minimum Gasteiger partial charge on any atom is -0.245 e. The zero-order valence-electron chi connectivity index (χ0n) is 12.5. The van der Waals surface area contributed by atoms with Crippen LogP contribution in [0.2, 0.25) is 0 Å². The number of hydrogen-bond donors (Lipinski definition) is 1. The normalized spacial score (nSPS) is 11.8. The second-order valence-electron chi connectivity index (χ2n) is 4.98. The SMILES string of the molecule is Cc1nnc(Cc2nc(C)c(-c3ccc(S(N)(=O)=O)cc3)s2)s1. The first-order valence-electron chi connectivity index (χ1n) is 6.71. The van der Waals surface area contributed by atoms with E-state index in [9.17, 15) is 8.42 Å². The highest BCUT2D eigenvalue weighted by atomic mass is 32.2. The van der Waals surface area contributed by atoms with Gasteiger partial charge in [0.05, 0.1) is 21.9 Å². The summed E-state index contributed by atoms with van der Waals surface area (Å²) in [5, 5.41) is 16.1. The highest BCUT2D eigenvalue weighted by Crippen LogP contribution is 2.31. The molecule has 2 heterocycles. The van der Waals surface area contributed by atoms with Crippen molar-refractivity contribution in [1.82, 2.24) is 15.2 Å². The van der Waals surface area contributed by atoms with Gasteiger partial charge in [-0.3, -0.25) is 0 Å². The molecule has 1 aromatic carbocycles. The van der Waals surface area contributed by atoms with E-state index in [1.165, 1.54) is 12.1 Å². The Bertz CT molecular complexity index is 943. The van der Waals surface area contributed by atoms with Crippen LogP contribution in [-0.4, -0.2) is 23.6 Å². The van der Waals surface area contributed by atoms with Crippen LogP contribution in [0.4, 0.5) is 0 Å². The van der Waals surface area contributed by atoms with Crippen LogP contribution < -0.4 is 5.14 Å². The number of thiazole rings is 1. The number of rotatable bonds is 4. The standard InChI is InChI=1S/C14H14N4O2S3/c1-8-14(10-3-5-11(6-4-10)23(15,19)20)22-12(16-8)7-13-18-17-9(2)21-13/h3-6H,7H2,1-2H3,(H2,15,19,20). The van der Waals surface area contributed by atoms with Gasteiger partial charge in [-0.1, -0.05) is 12.1 Å². The van der Waals surface area contributed by atoms with Gasteiger partial charge in [0.15, 0.2) is 0 Å². The van der Waals surface area contributed by atoms with Crippen molar-refractivity contribution in [2.75, 3.05) is 0 Å². The van der Waals surface area contributed by atoms with Crippen LogP contribution in [0, 0.1) is 13.8 Å². The molecule has 2 N–H and O–H groups in total. The number of nitrogens with zero attached hydrogens (tertiary/aromatic N) is 3. The molecule has 3 aromatic rings. The van der Waals surface area contributed by atoms with E-state index in [1.54, 1.807) is 34.8 Å². The molecule has 0 amide bonds. The molecule has 120 valence electrons. The monoisotopic (exact) mass is 366 g/mol. The minimum absolute atomic E-state index is 0.105. The quantitative estimate of drug-likeness (QED) is 0.765. The molecule has 9 heteroatoms. The van der Waals surface area contributed by atoms with Gasteiger partial charge >= 0.3 is 0 Å². The Hall–Kier alpha value is -1.68. The first-order valence-corrected chi connectivity index (χ1v) is 9.89. The summed E-state index contributed by atoms with van der Waals surface area (Å²) in [6.07, 6.45) is 0.659. The van der Waals surface area contributed by atoms with Crippen LogP contribution >= 0.6 is 22.7 Å². The maximum absolute atomic E-state index is 11.3. The molecule has 0 radical (unpaired) electrons. The molecule has 3 rings (SSSR count). The molecule has 0 aliphatic heterocycles. The van der Waals surface area contributed by atoms with Gasteiger partial charge in [-0.25, -0.2) is 18.5 Å². The minimum atomic E-state index is -3.67. The summed E-state index contributed by atoms with van der Waals surface area (Å²) in [4.78, 5) is 5.70. The molecule has 23 heavy (non-hydrogen) atoms. The summed E-state index contributed by atoms with van der Waals surface area (Å²) in [5.41, 5.74) is 1.83. The second kappa shape index (κ2) is 6.08. The van der Waals surface area contributed by atoms with E-state index in [0.29, 0.717) is 6.42 Å². The fraction of sp³-hybridized carbons (Fsp3) is 0.214. The summed E-state index contributed by atoms with van der Waals surface area (Å²) in [5.74, 6) is 0. The molecular weight excluding hydrogens is 352 g/mol. The van der Waals surface area contributed by atoms with Crippen LogP contribution in [0.3, 0.4) is 0 Å². The van der Waals surface area contributed by atoms with E-state index < -0.39 is 10.0 Å². The molecule has 0 saturated heterocycles. The molecule has 0 saturated carbocycles. The van der Waals surface area contributed by atoms with Crippen molar-refractivity contribution < 1.29 is 8.42 Å². The van der Waals surface area contributed by atoms with Crippen molar-refractivity contribution in [3.05, 3.63) is 45.0 Å². The molecule has 2 aromatic heterocycles. The lowest BCUT2D eigenvalue weighted by molar-refractivity contribution is 0.598. The van der Waals surface area contributed by atoms with Gasteiger partial charge in [-0.15, -0.1) is 32.9 Å². The number of nitrogens with two attached hydrogens (primary N) is 1. The van der Waals surface area contributed by atoms with Gasteiger partial charge in [0.1, 0.15) is 15.0 Å². The lowest BCUT2D eigenvalue weighted by Crippen LogP contribution is -2.11. The second-order valence-corrected chi connectivity index (χ2v) is 8.89. The van der Waals surface area contributed by atoms with Crippen LogP contribution in [0.5, 0.6) is 0 Å². The summed E-state index contributed by atoms with van der Waals surface area (Å²) in [6, 6.07) is 6.52. The topological polar surface area (TPSA) is 98.8 Å². The highest BCUT2D eigenvalue weighted by Gasteiger charge is 2.13. The van der Waals surface area contributed by atoms with E-state index in [0.717, 1.165) is 31.2 Å². The fourth-order valence-electron chi connectivity index (χ4n) is 2.13. The van der Waals surface area contributed by atoms with Crippen molar-refractivity contribution >= 4 is 32.7 Å². The van der Waals surface area contributed by atoms with E-state index in [4.69, 9.17) is 5.14 Å². The Labute approximate surface area is 142 Å². The summed E-state index contributed by atoms with van der Waals surface area (Å²) < 4.78 is 22.6. The Morgan fingerprint density at radius 3 is 2.30 bits per heavy atom. The smallest absolute Gasteiger partial charge is 0.238 e. The average Bonchev–Trinajstić information content (AvgIpc) is 3.04. The summed E-state index contributed by atoms with van der Waals surface area (Å²) in [6.45, 7) is 3.86. The molecule has 0 unspecified atom stereocenters. The lowest BCUT2D eigenvalue weighted by Gasteiger charge is -2.01. The van der Waals surface area contributed by atoms with Crippen molar-refractivity contribution in [1.29, 1.82) is 0 Å². The molecule has 0 aliphatic carbocycles. The molecule has 0 atom stereocenters. The number of sulfonamides is 1. The molecule has 0 bridgehead atoms. The fourth-order valence-corrected chi connectivity index (χ4v) is 4.52. The van der Waals surface area contributed by atoms with E-state index in [2.05, 4.69) is 15.2 Å². The number of aryl methyl sites for hydroxylation is 2. The largest absolute Gasteiger partial charge is 0.245 e. The highest BCUT2D eigenvalue weighted by molar-refractivity contribution is 7.89. The number of aromatic nitrogens is 3. The average molecular weight is 366 g/mol. The van der Waals surface area contributed by atoms with E-state index in [-0.39, 0.29) is 4.90 Å². The zero-order chi connectivity index (χ0) is 16.6. The van der Waals surface area contributed by atoms with Gasteiger partial charge in [0, 0.05) is 0 Å². The third kappa shape index (κ3) is 3.63. The van der Waals surface area contributed by atoms with Crippen molar-refractivity contribution in [3.8, 4) is 10.4 Å². The number of hydrogen-bond acceptors (Lipinski definition) is 7. The Morgan fingerprint density at radius 2 is 1.74 bits per heavy atom. The first-order chi connectivity index (χ1) is 10.8. The predicted octanol–water partition coefficient (Wildman–Crippen LogP) is 2.52. The van der Waals surface area contributed by atoms with Gasteiger partial charge < -0.3 is 0 Å². The van der Waals surface area contributed by atoms with Gasteiger partial charge in [0.25, 0.3) is 0 Å². The van der Waals surface area contributed by atoms with Gasteiger partial charge in [-0.2, -0.15) is 0 Å². The van der Waals surface area contributed by atoms with Crippen LogP contribution in [0.25, 0.3) is 10.4 Å². The molecular formula is C14H14N4O2S3. The Morgan fingerprint density at radius 1 is 1.04 bits per heavy atom. The molecule has 6 nitrogen and oxygen atoms in total. The van der Waals surface area contributed by atoms with E-state index in [1.807, 2.05) is 13.8 Å². The van der Waals surface area contributed by atoms with Crippen LogP contribution in [-0.2, 0) is 16.4 Å². The third-order valence-electron chi connectivity index (χ3n) is 3.16. The third-order valence-corrected chi connectivity index (χ3v) is 6.13. The maximum Gasteiger partial charge on any atom is 0.238 e. The molecule has 0 aliphatic rings. The Kier molecular flexibility index (Phi) is 4.28. The summed E-state index contributed by atoms with van der Waals surface area (Å²) >= 11 is 3.14.